The molecule has 0 aliphatic heterocycles. The number of methoxy groups -OCH3 is 1. The van der Waals surface area contributed by atoms with Gasteiger partial charge in [-0.15, -0.1) is 0 Å². The van der Waals surface area contributed by atoms with Gasteiger partial charge in [0.2, 0.25) is 5.91 Å². The highest BCUT2D eigenvalue weighted by atomic mass is 16.5. The zero-order chi connectivity index (χ0) is 18.2. The van der Waals surface area contributed by atoms with Crippen molar-refractivity contribution in [2.75, 3.05) is 19.5 Å². The van der Waals surface area contributed by atoms with E-state index in [2.05, 4.69) is 41.8 Å². The highest BCUT2D eigenvalue weighted by Crippen LogP contribution is 2.26. The van der Waals surface area contributed by atoms with Crippen LogP contribution in [0.1, 0.15) is 34.3 Å². The van der Waals surface area contributed by atoms with Crippen LogP contribution < -0.4 is 15.4 Å². The fourth-order valence-corrected chi connectivity index (χ4v) is 2.50. The number of amides is 2. The van der Waals surface area contributed by atoms with Crippen LogP contribution in [0.4, 0.5) is 5.69 Å². The van der Waals surface area contributed by atoms with Gasteiger partial charge in [0, 0.05) is 19.0 Å². The summed E-state index contributed by atoms with van der Waals surface area (Å²) in [6, 6.07) is 13.3. The number of benzene rings is 2. The number of aryl methyl sites for hydroxylation is 2. The number of anilines is 1. The van der Waals surface area contributed by atoms with Gasteiger partial charge >= 0.3 is 0 Å². The van der Waals surface area contributed by atoms with Crippen molar-refractivity contribution in [3.05, 3.63) is 59.2 Å². The first kappa shape index (κ1) is 18.5. The van der Waals surface area contributed by atoms with Gasteiger partial charge in [0.05, 0.1) is 12.8 Å². The summed E-state index contributed by atoms with van der Waals surface area (Å²) in [5.74, 6) is 0.195. The van der Waals surface area contributed by atoms with Gasteiger partial charge < -0.3 is 15.4 Å². The first-order chi connectivity index (χ1) is 12.0. The van der Waals surface area contributed by atoms with E-state index in [0.29, 0.717) is 23.4 Å². The molecule has 0 fully saturated rings. The smallest absolute Gasteiger partial charge is 0.251 e. The molecule has 0 bridgehead atoms. The van der Waals surface area contributed by atoms with Crippen molar-refractivity contribution >= 4 is 17.5 Å². The minimum atomic E-state index is -0.200. The third-order valence-electron chi connectivity index (χ3n) is 3.95. The van der Waals surface area contributed by atoms with Crippen LogP contribution in [0.3, 0.4) is 0 Å². The second-order valence-electron chi connectivity index (χ2n) is 5.88. The molecule has 0 aromatic heterocycles. The van der Waals surface area contributed by atoms with Crippen LogP contribution in [-0.4, -0.2) is 26.0 Å². The summed E-state index contributed by atoms with van der Waals surface area (Å²) >= 11 is 0. The maximum Gasteiger partial charge on any atom is 0.251 e. The Morgan fingerprint density at radius 3 is 2.44 bits per heavy atom. The molecule has 0 aliphatic carbocycles. The number of nitrogens with one attached hydrogen (secondary N) is 2. The summed E-state index contributed by atoms with van der Waals surface area (Å²) in [4.78, 5) is 23.8. The Labute approximate surface area is 148 Å². The molecule has 0 radical (unpaired) electrons. The fourth-order valence-electron chi connectivity index (χ4n) is 2.50. The third kappa shape index (κ3) is 5.35. The van der Waals surface area contributed by atoms with Gasteiger partial charge in [-0.3, -0.25) is 9.59 Å². The predicted octanol–water partition coefficient (Wildman–Crippen LogP) is 3.32. The Morgan fingerprint density at radius 1 is 1.08 bits per heavy atom. The molecule has 5 heteroatoms. The molecule has 0 spiro atoms. The molecule has 25 heavy (non-hydrogen) atoms. The van der Waals surface area contributed by atoms with Crippen molar-refractivity contribution in [1.82, 2.24) is 5.32 Å². The van der Waals surface area contributed by atoms with Gasteiger partial charge in [0.1, 0.15) is 5.75 Å². The lowest BCUT2D eigenvalue weighted by molar-refractivity contribution is -0.116. The van der Waals surface area contributed by atoms with E-state index in [9.17, 15) is 9.59 Å². The highest BCUT2D eigenvalue weighted by Gasteiger charge is 2.11. The van der Waals surface area contributed by atoms with Gasteiger partial charge in [0.25, 0.3) is 5.91 Å². The van der Waals surface area contributed by atoms with Crippen LogP contribution in [0.2, 0.25) is 0 Å². The number of carbonyl (C=O) groups is 2. The van der Waals surface area contributed by atoms with Crippen LogP contribution in [-0.2, 0) is 11.2 Å². The van der Waals surface area contributed by atoms with E-state index < -0.39 is 0 Å². The van der Waals surface area contributed by atoms with E-state index in [1.54, 1.807) is 25.2 Å². The van der Waals surface area contributed by atoms with Crippen molar-refractivity contribution < 1.29 is 14.3 Å². The Hall–Kier alpha value is -2.82. The number of ether oxygens (including phenoxy) is 1. The predicted molar refractivity (Wildman–Crippen MR) is 99.1 cm³/mol. The normalized spacial score (nSPS) is 10.2. The Morgan fingerprint density at radius 2 is 1.80 bits per heavy atom. The summed E-state index contributed by atoms with van der Waals surface area (Å²) in [5.41, 5.74) is 3.51. The summed E-state index contributed by atoms with van der Waals surface area (Å²) in [7, 11) is 3.08. The molecule has 132 valence electrons. The van der Waals surface area contributed by atoms with Crippen LogP contribution in [0.15, 0.2) is 42.5 Å². The van der Waals surface area contributed by atoms with Gasteiger partial charge in [-0.1, -0.05) is 29.8 Å². The summed E-state index contributed by atoms with van der Waals surface area (Å²) < 4.78 is 5.27. The van der Waals surface area contributed by atoms with E-state index in [4.69, 9.17) is 4.74 Å². The minimum absolute atomic E-state index is 0.0712. The zero-order valence-corrected chi connectivity index (χ0v) is 14.9. The quantitative estimate of drug-likeness (QED) is 0.812. The monoisotopic (exact) mass is 340 g/mol. The van der Waals surface area contributed by atoms with Crippen molar-refractivity contribution in [3.8, 4) is 5.75 Å². The van der Waals surface area contributed by atoms with Gasteiger partial charge in [-0.25, -0.2) is 0 Å². The Kier molecular flexibility index (Phi) is 6.57. The first-order valence-electron chi connectivity index (χ1n) is 8.29. The average molecular weight is 340 g/mol. The number of hydrogen-bond acceptors (Lipinski definition) is 3. The molecule has 0 saturated carbocycles. The van der Waals surface area contributed by atoms with E-state index in [0.717, 1.165) is 12.8 Å². The van der Waals surface area contributed by atoms with E-state index in [-0.39, 0.29) is 11.8 Å². The van der Waals surface area contributed by atoms with Crippen LogP contribution in [0, 0.1) is 6.92 Å². The second-order valence-corrected chi connectivity index (χ2v) is 5.88. The Bertz CT molecular complexity index is 739. The summed E-state index contributed by atoms with van der Waals surface area (Å²) in [5, 5.41) is 5.40. The Balaban J connectivity index is 1.91. The van der Waals surface area contributed by atoms with Gasteiger partial charge in [-0.05, 0) is 43.5 Å². The molecule has 2 amide bonds. The lowest BCUT2D eigenvalue weighted by Crippen LogP contribution is -2.18. The summed E-state index contributed by atoms with van der Waals surface area (Å²) in [6.07, 6.45) is 2.06. The number of rotatable bonds is 7. The molecule has 0 aliphatic rings. The summed E-state index contributed by atoms with van der Waals surface area (Å²) in [6.45, 7) is 2.06. The average Bonchev–Trinajstić information content (AvgIpc) is 2.63. The molecule has 0 heterocycles. The molecule has 0 unspecified atom stereocenters. The van der Waals surface area contributed by atoms with Crippen LogP contribution in [0.25, 0.3) is 0 Å². The lowest BCUT2D eigenvalue weighted by Gasteiger charge is -2.11. The van der Waals surface area contributed by atoms with Crippen molar-refractivity contribution in [1.29, 1.82) is 0 Å². The number of hydrogen-bond donors (Lipinski definition) is 2. The lowest BCUT2D eigenvalue weighted by atomic mass is 10.1. The molecule has 2 aromatic carbocycles. The van der Waals surface area contributed by atoms with E-state index in [1.165, 1.54) is 18.2 Å². The van der Waals surface area contributed by atoms with Gasteiger partial charge in [-0.2, -0.15) is 0 Å². The molecular weight excluding hydrogens is 316 g/mol. The van der Waals surface area contributed by atoms with E-state index in [1.807, 2.05) is 0 Å². The van der Waals surface area contributed by atoms with Gasteiger partial charge in [0.15, 0.2) is 0 Å². The molecule has 2 aromatic rings. The van der Waals surface area contributed by atoms with Crippen molar-refractivity contribution in [3.63, 3.8) is 0 Å². The first-order valence-corrected chi connectivity index (χ1v) is 8.29. The van der Waals surface area contributed by atoms with Crippen molar-refractivity contribution in [2.24, 2.45) is 0 Å². The molecule has 0 saturated heterocycles. The SMILES string of the molecule is CNC(=O)c1ccc(NC(=O)CCCc2ccc(C)cc2)c(OC)c1. The number of carbonyl (C=O) groups excluding carboxylic acids is 2. The topological polar surface area (TPSA) is 67.4 Å². The van der Waals surface area contributed by atoms with E-state index >= 15 is 0 Å². The third-order valence-corrected chi connectivity index (χ3v) is 3.95. The minimum Gasteiger partial charge on any atom is -0.495 e. The standard InChI is InChI=1S/C20H24N2O3/c1-14-7-9-15(10-8-14)5-4-6-19(23)22-17-12-11-16(20(24)21-2)13-18(17)25-3/h7-13H,4-6H2,1-3H3,(H,21,24)(H,22,23). The van der Waals surface area contributed by atoms with Crippen LogP contribution >= 0.6 is 0 Å². The highest BCUT2D eigenvalue weighted by molar-refractivity contribution is 5.97. The molecule has 2 rings (SSSR count). The van der Waals surface area contributed by atoms with Crippen LogP contribution in [0.5, 0.6) is 5.75 Å². The van der Waals surface area contributed by atoms with Crippen molar-refractivity contribution in [2.45, 2.75) is 26.2 Å². The molecule has 0 atom stereocenters. The largest absolute Gasteiger partial charge is 0.495 e. The maximum atomic E-state index is 12.2. The molecular formula is C20H24N2O3. The molecule has 5 nitrogen and oxygen atoms in total. The molecule has 2 N–H and O–H groups in total. The maximum absolute atomic E-state index is 12.2. The second kappa shape index (κ2) is 8.87. The fraction of sp³-hybridized carbons (Fsp3) is 0.300. The zero-order valence-electron chi connectivity index (χ0n) is 14.9.